The van der Waals surface area contributed by atoms with Gasteiger partial charge >= 0.3 is 5.97 Å². The van der Waals surface area contributed by atoms with Gasteiger partial charge in [0.15, 0.2) is 0 Å². The van der Waals surface area contributed by atoms with E-state index in [1.807, 2.05) is 6.92 Å². The normalized spacial score (nSPS) is 13.3. The van der Waals surface area contributed by atoms with Crippen molar-refractivity contribution in [1.82, 2.24) is 0 Å². The number of carbonyl (C=O) groups excluding carboxylic acids is 1. The fourth-order valence-corrected chi connectivity index (χ4v) is 3.94. The second-order valence-electron chi connectivity index (χ2n) is 3.88. The Balaban J connectivity index is 2.82. The highest BCUT2D eigenvalue weighted by atomic mass is 35.7. The molecule has 0 saturated heterocycles. The smallest absolute Gasteiger partial charge is 0.339 e. The molecule has 108 valence electrons. The van der Waals surface area contributed by atoms with Gasteiger partial charge in [-0.25, -0.2) is 13.2 Å². The highest BCUT2D eigenvalue weighted by Gasteiger charge is 2.23. The van der Waals surface area contributed by atoms with Crippen molar-refractivity contribution in [3.8, 4) is 0 Å². The zero-order chi connectivity index (χ0) is 14.6. The minimum absolute atomic E-state index is 0.0291. The van der Waals surface area contributed by atoms with Crippen LogP contribution in [0.1, 0.15) is 29.8 Å². The molecule has 0 aliphatic carbocycles. The van der Waals surface area contributed by atoms with Crippen molar-refractivity contribution in [2.45, 2.75) is 31.1 Å². The van der Waals surface area contributed by atoms with Gasteiger partial charge in [-0.15, -0.1) is 11.3 Å². The fraction of sp³-hybridized carbons (Fsp3) is 0.545. The predicted molar refractivity (Wildman–Crippen MR) is 73.5 cm³/mol. The minimum Gasteiger partial charge on any atom is -0.457 e. The summed E-state index contributed by atoms with van der Waals surface area (Å²) in [5.41, 5.74) is 0.529. The van der Waals surface area contributed by atoms with Crippen molar-refractivity contribution >= 4 is 37.0 Å². The Morgan fingerprint density at radius 1 is 1.53 bits per heavy atom. The molecule has 0 amide bonds. The zero-order valence-electron chi connectivity index (χ0n) is 10.8. The summed E-state index contributed by atoms with van der Waals surface area (Å²) < 4.78 is 32.8. The molecule has 0 spiro atoms. The number of carbonyl (C=O) groups is 1. The summed E-state index contributed by atoms with van der Waals surface area (Å²) in [6, 6.07) is 0. The molecule has 1 aromatic rings. The first-order valence-electron chi connectivity index (χ1n) is 5.58. The Hall–Kier alpha value is -0.630. The van der Waals surface area contributed by atoms with Crippen LogP contribution in [0.15, 0.2) is 9.59 Å². The van der Waals surface area contributed by atoms with Gasteiger partial charge < -0.3 is 9.47 Å². The van der Waals surface area contributed by atoms with Gasteiger partial charge in [-0.1, -0.05) is 0 Å². The Morgan fingerprint density at radius 2 is 2.16 bits per heavy atom. The molecule has 1 rings (SSSR count). The third-order valence-corrected chi connectivity index (χ3v) is 5.61. The van der Waals surface area contributed by atoms with Crippen LogP contribution in [0.5, 0.6) is 0 Å². The monoisotopic (exact) mass is 326 g/mol. The van der Waals surface area contributed by atoms with Crippen LogP contribution in [0.4, 0.5) is 0 Å². The van der Waals surface area contributed by atoms with Crippen molar-refractivity contribution < 1.29 is 22.7 Å². The van der Waals surface area contributed by atoms with E-state index in [0.29, 0.717) is 18.8 Å². The molecule has 0 fully saturated rings. The molecule has 1 unspecified atom stereocenters. The maximum atomic E-state index is 11.9. The van der Waals surface area contributed by atoms with Gasteiger partial charge in [0, 0.05) is 22.7 Å². The van der Waals surface area contributed by atoms with Gasteiger partial charge in [-0.3, -0.25) is 0 Å². The maximum absolute atomic E-state index is 11.9. The summed E-state index contributed by atoms with van der Waals surface area (Å²) in [6.07, 6.45) is -0.400. The Kier molecular flexibility index (Phi) is 5.79. The van der Waals surface area contributed by atoms with E-state index in [1.54, 1.807) is 6.92 Å². The maximum Gasteiger partial charge on any atom is 0.339 e. The first-order chi connectivity index (χ1) is 8.77. The first-order valence-corrected chi connectivity index (χ1v) is 8.77. The highest BCUT2D eigenvalue weighted by molar-refractivity contribution is 8.15. The lowest BCUT2D eigenvalue weighted by molar-refractivity contribution is 0.00437. The standard InChI is InChI=1S/C11H15ClO5S2/c1-4-16-5-7(2)17-10(13)9-6-18-11(8(9)3)19(12,14)15/h6-7H,4-5H2,1-3H3. The van der Waals surface area contributed by atoms with Crippen LogP contribution in [0.25, 0.3) is 0 Å². The number of rotatable bonds is 6. The van der Waals surface area contributed by atoms with Crippen LogP contribution in [0.2, 0.25) is 0 Å². The molecule has 5 nitrogen and oxygen atoms in total. The highest BCUT2D eigenvalue weighted by Crippen LogP contribution is 2.29. The molecule has 19 heavy (non-hydrogen) atoms. The number of ether oxygens (including phenoxy) is 2. The lowest BCUT2D eigenvalue weighted by atomic mass is 10.2. The lowest BCUT2D eigenvalue weighted by Crippen LogP contribution is -2.20. The second kappa shape index (κ2) is 6.69. The summed E-state index contributed by atoms with van der Waals surface area (Å²) in [6.45, 7) is 5.90. The Bertz CT molecular complexity index is 549. The summed E-state index contributed by atoms with van der Waals surface area (Å²) in [4.78, 5) is 11.9. The van der Waals surface area contributed by atoms with Gasteiger partial charge in [0.2, 0.25) is 0 Å². The van der Waals surface area contributed by atoms with Gasteiger partial charge in [0.05, 0.1) is 12.2 Å². The molecule has 0 N–H and O–H groups in total. The molecule has 0 aromatic carbocycles. The van der Waals surface area contributed by atoms with E-state index >= 15 is 0 Å². The average Bonchev–Trinajstić information content (AvgIpc) is 2.68. The third kappa shape index (κ3) is 4.45. The van der Waals surface area contributed by atoms with Gasteiger partial charge in [-0.2, -0.15) is 0 Å². The van der Waals surface area contributed by atoms with Crippen molar-refractivity contribution in [3.05, 3.63) is 16.5 Å². The van der Waals surface area contributed by atoms with E-state index in [-0.39, 0.29) is 9.77 Å². The van der Waals surface area contributed by atoms with Crippen molar-refractivity contribution in [2.24, 2.45) is 0 Å². The molecule has 0 radical (unpaired) electrons. The Labute approximate surface area is 120 Å². The van der Waals surface area contributed by atoms with Crippen LogP contribution in [-0.4, -0.2) is 33.7 Å². The van der Waals surface area contributed by atoms with E-state index < -0.39 is 21.1 Å². The molecule has 8 heteroatoms. The third-order valence-electron chi connectivity index (χ3n) is 2.30. The van der Waals surface area contributed by atoms with Crippen molar-refractivity contribution in [2.75, 3.05) is 13.2 Å². The summed E-state index contributed by atoms with van der Waals surface area (Å²) in [5, 5.41) is 1.43. The summed E-state index contributed by atoms with van der Waals surface area (Å²) in [5.74, 6) is -0.576. The predicted octanol–water partition coefficient (Wildman–Crippen LogP) is 2.57. The number of esters is 1. The summed E-state index contributed by atoms with van der Waals surface area (Å²) >= 11 is 0.904. The molecule has 0 aliphatic rings. The van der Waals surface area contributed by atoms with Gasteiger partial charge in [0.25, 0.3) is 9.05 Å². The fourth-order valence-electron chi connectivity index (χ4n) is 1.40. The molecular weight excluding hydrogens is 312 g/mol. The number of hydrogen-bond acceptors (Lipinski definition) is 6. The van der Waals surface area contributed by atoms with Crippen molar-refractivity contribution in [3.63, 3.8) is 0 Å². The van der Waals surface area contributed by atoms with Gasteiger partial charge in [-0.05, 0) is 26.3 Å². The van der Waals surface area contributed by atoms with Crippen LogP contribution in [0, 0.1) is 6.92 Å². The van der Waals surface area contributed by atoms with E-state index in [4.69, 9.17) is 20.2 Å². The van der Waals surface area contributed by atoms with E-state index in [9.17, 15) is 13.2 Å². The van der Waals surface area contributed by atoms with Crippen LogP contribution in [0.3, 0.4) is 0 Å². The lowest BCUT2D eigenvalue weighted by Gasteiger charge is -2.12. The topological polar surface area (TPSA) is 69.7 Å². The number of halogens is 1. The molecule has 0 aliphatic heterocycles. The number of hydrogen-bond donors (Lipinski definition) is 0. The quantitative estimate of drug-likeness (QED) is 0.593. The van der Waals surface area contributed by atoms with E-state index in [1.165, 1.54) is 12.3 Å². The second-order valence-corrected chi connectivity index (χ2v) is 7.52. The van der Waals surface area contributed by atoms with Crippen LogP contribution >= 0.6 is 22.0 Å². The number of thiophene rings is 1. The SMILES string of the molecule is CCOCC(C)OC(=O)c1csc(S(=O)(=O)Cl)c1C. The zero-order valence-corrected chi connectivity index (χ0v) is 13.2. The largest absolute Gasteiger partial charge is 0.457 e. The molecule has 1 aromatic heterocycles. The molecule has 0 bridgehead atoms. The average molecular weight is 327 g/mol. The van der Waals surface area contributed by atoms with E-state index in [0.717, 1.165) is 11.3 Å². The first kappa shape index (κ1) is 16.4. The molecule has 0 saturated carbocycles. The molecule has 1 atom stereocenters. The van der Waals surface area contributed by atoms with E-state index in [2.05, 4.69) is 0 Å². The van der Waals surface area contributed by atoms with Gasteiger partial charge in [0.1, 0.15) is 10.3 Å². The van der Waals surface area contributed by atoms with Crippen molar-refractivity contribution in [1.29, 1.82) is 0 Å². The molecular formula is C11H15ClO5S2. The van der Waals surface area contributed by atoms with Crippen LogP contribution in [-0.2, 0) is 18.5 Å². The van der Waals surface area contributed by atoms with Crippen LogP contribution < -0.4 is 0 Å². The molecule has 1 heterocycles. The minimum atomic E-state index is -3.83. The summed E-state index contributed by atoms with van der Waals surface area (Å²) in [7, 11) is 1.44. The Morgan fingerprint density at radius 3 is 2.63 bits per heavy atom.